The number of oxazole rings is 1. The van der Waals surface area contributed by atoms with Crippen molar-refractivity contribution in [2.75, 3.05) is 52.4 Å². The molecular formula is C23H32N4O7. The van der Waals surface area contributed by atoms with E-state index >= 15 is 0 Å². The molecule has 0 aliphatic rings. The molecule has 0 fully saturated rings. The lowest BCUT2D eigenvalue weighted by Gasteiger charge is -2.21. The predicted octanol–water partition coefficient (Wildman–Crippen LogP) is 2.69. The van der Waals surface area contributed by atoms with Crippen molar-refractivity contribution in [1.29, 1.82) is 0 Å². The highest BCUT2D eigenvalue weighted by molar-refractivity contribution is 5.93. The highest BCUT2D eigenvalue weighted by Crippen LogP contribution is 2.13. The number of urea groups is 1. The normalized spacial score (nSPS) is 10.6. The van der Waals surface area contributed by atoms with Crippen molar-refractivity contribution in [3.63, 3.8) is 0 Å². The Morgan fingerprint density at radius 1 is 1.06 bits per heavy atom. The molecule has 34 heavy (non-hydrogen) atoms. The number of anilines is 1. The lowest BCUT2D eigenvalue weighted by atomic mass is 10.2. The van der Waals surface area contributed by atoms with E-state index in [1.807, 2.05) is 0 Å². The van der Waals surface area contributed by atoms with Gasteiger partial charge in [-0.3, -0.25) is 4.79 Å². The SMILES string of the molecule is CCOC(=O)c1ccc(NC(=O)N(CCCOC)Cc2nc(C(=O)NCCCOC)co2)cc1. The number of nitrogens with zero attached hydrogens (tertiary/aromatic N) is 2. The van der Waals surface area contributed by atoms with Crippen molar-refractivity contribution in [2.45, 2.75) is 26.3 Å². The summed E-state index contributed by atoms with van der Waals surface area (Å²) in [7, 11) is 3.18. The third-order valence-electron chi connectivity index (χ3n) is 4.63. The Balaban J connectivity index is 2.00. The van der Waals surface area contributed by atoms with E-state index in [1.54, 1.807) is 45.4 Å². The summed E-state index contributed by atoms with van der Waals surface area (Å²) in [4.78, 5) is 42.6. The molecule has 0 saturated carbocycles. The fourth-order valence-electron chi connectivity index (χ4n) is 2.92. The second-order valence-corrected chi connectivity index (χ2v) is 7.22. The number of hydrogen-bond donors (Lipinski definition) is 2. The molecule has 11 nitrogen and oxygen atoms in total. The topological polar surface area (TPSA) is 132 Å². The zero-order valence-corrected chi connectivity index (χ0v) is 19.8. The zero-order chi connectivity index (χ0) is 24.8. The van der Waals surface area contributed by atoms with Crippen LogP contribution in [0.2, 0.25) is 0 Å². The van der Waals surface area contributed by atoms with Crippen molar-refractivity contribution >= 4 is 23.6 Å². The first kappa shape index (κ1) is 26.8. The Labute approximate surface area is 198 Å². The summed E-state index contributed by atoms with van der Waals surface area (Å²) in [6, 6.07) is 6.01. The number of rotatable bonds is 14. The van der Waals surface area contributed by atoms with Crippen molar-refractivity contribution < 1.29 is 33.0 Å². The van der Waals surface area contributed by atoms with E-state index < -0.39 is 5.97 Å². The van der Waals surface area contributed by atoms with Gasteiger partial charge in [0.15, 0.2) is 5.69 Å². The molecule has 1 aromatic carbocycles. The third-order valence-corrected chi connectivity index (χ3v) is 4.63. The monoisotopic (exact) mass is 476 g/mol. The highest BCUT2D eigenvalue weighted by Gasteiger charge is 2.19. The van der Waals surface area contributed by atoms with E-state index in [0.29, 0.717) is 50.4 Å². The number of methoxy groups -OCH3 is 2. The minimum absolute atomic E-state index is 0.0629. The molecular weight excluding hydrogens is 444 g/mol. The Hall–Kier alpha value is -3.44. The first-order valence-electron chi connectivity index (χ1n) is 11.0. The van der Waals surface area contributed by atoms with Gasteiger partial charge in [0.05, 0.1) is 18.7 Å². The largest absolute Gasteiger partial charge is 0.462 e. The fraction of sp³-hybridized carbons (Fsp3) is 0.478. The van der Waals surface area contributed by atoms with E-state index in [4.69, 9.17) is 18.6 Å². The summed E-state index contributed by atoms with van der Waals surface area (Å²) in [5, 5.41) is 5.52. The van der Waals surface area contributed by atoms with Crippen LogP contribution in [0.15, 0.2) is 34.9 Å². The molecule has 0 bridgehead atoms. The average Bonchev–Trinajstić information content (AvgIpc) is 3.30. The number of nitrogens with one attached hydrogen (secondary N) is 2. The van der Waals surface area contributed by atoms with Crippen LogP contribution in [-0.4, -0.2) is 74.9 Å². The lowest BCUT2D eigenvalue weighted by Crippen LogP contribution is -2.36. The highest BCUT2D eigenvalue weighted by atomic mass is 16.5. The molecule has 2 aromatic rings. The summed E-state index contributed by atoms with van der Waals surface area (Å²) in [5.74, 6) is -0.556. The standard InChI is InChI=1S/C23H32N4O7/c1-4-33-22(29)17-7-9-18(10-8-17)25-23(30)27(12-6-14-32-3)15-20-26-19(16-34-20)21(28)24-11-5-13-31-2/h7-10,16H,4-6,11-15H2,1-3H3,(H,24,28)(H,25,30). The Bertz CT molecular complexity index is 914. The molecule has 3 amide bonds. The molecule has 0 aliphatic carbocycles. The molecule has 2 rings (SSSR count). The van der Waals surface area contributed by atoms with Crippen LogP contribution in [0.1, 0.15) is 46.5 Å². The first-order valence-corrected chi connectivity index (χ1v) is 11.0. The summed E-state index contributed by atoms with van der Waals surface area (Å²) in [6.07, 6.45) is 2.54. The summed E-state index contributed by atoms with van der Waals surface area (Å²) < 4.78 is 20.4. The first-order chi connectivity index (χ1) is 16.5. The Morgan fingerprint density at radius 2 is 1.76 bits per heavy atom. The number of hydrogen-bond acceptors (Lipinski definition) is 8. The molecule has 0 unspecified atom stereocenters. The predicted molar refractivity (Wildman–Crippen MR) is 124 cm³/mol. The molecule has 0 atom stereocenters. The zero-order valence-electron chi connectivity index (χ0n) is 19.8. The number of aromatic nitrogens is 1. The molecule has 0 aliphatic heterocycles. The Morgan fingerprint density at radius 3 is 2.44 bits per heavy atom. The molecule has 0 spiro atoms. The van der Waals surface area contributed by atoms with Gasteiger partial charge in [-0.05, 0) is 44.0 Å². The molecule has 2 N–H and O–H groups in total. The molecule has 1 aromatic heterocycles. The summed E-state index contributed by atoms with van der Waals surface area (Å²) in [5.41, 5.74) is 1.04. The van der Waals surface area contributed by atoms with Crippen LogP contribution in [0, 0.1) is 0 Å². The maximum Gasteiger partial charge on any atom is 0.338 e. The van der Waals surface area contributed by atoms with Crippen molar-refractivity contribution in [2.24, 2.45) is 0 Å². The van der Waals surface area contributed by atoms with Gasteiger partial charge in [0, 0.05) is 46.2 Å². The van der Waals surface area contributed by atoms with Gasteiger partial charge in [-0.25, -0.2) is 14.6 Å². The molecule has 1 heterocycles. The maximum atomic E-state index is 12.9. The summed E-state index contributed by atoms with van der Waals surface area (Å²) >= 11 is 0. The van der Waals surface area contributed by atoms with Crippen LogP contribution in [0.25, 0.3) is 0 Å². The van der Waals surface area contributed by atoms with Gasteiger partial charge in [-0.1, -0.05) is 0 Å². The van der Waals surface area contributed by atoms with Gasteiger partial charge in [-0.15, -0.1) is 0 Å². The van der Waals surface area contributed by atoms with Crippen LogP contribution >= 0.6 is 0 Å². The van der Waals surface area contributed by atoms with E-state index in [1.165, 1.54) is 11.2 Å². The van der Waals surface area contributed by atoms with Crippen LogP contribution < -0.4 is 10.6 Å². The number of carbonyl (C=O) groups is 3. The van der Waals surface area contributed by atoms with E-state index in [-0.39, 0.29) is 36.7 Å². The van der Waals surface area contributed by atoms with Crippen LogP contribution in [0.3, 0.4) is 0 Å². The second-order valence-electron chi connectivity index (χ2n) is 7.22. The van der Waals surface area contributed by atoms with Crippen molar-refractivity contribution in [3.8, 4) is 0 Å². The number of esters is 1. The van der Waals surface area contributed by atoms with Gasteiger partial charge < -0.3 is 34.2 Å². The van der Waals surface area contributed by atoms with Gasteiger partial charge in [0.25, 0.3) is 5.91 Å². The second kappa shape index (κ2) is 14.7. The van der Waals surface area contributed by atoms with Gasteiger partial charge in [0.2, 0.25) is 5.89 Å². The van der Waals surface area contributed by atoms with Gasteiger partial charge in [0.1, 0.15) is 6.26 Å². The average molecular weight is 477 g/mol. The number of carbonyl (C=O) groups excluding carboxylic acids is 3. The number of benzene rings is 1. The third kappa shape index (κ3) is 8.83. The van der Waals surface area contributed by atoms with Crippen molar-refractivity contribution in [3.05, 3.63) is 47.7 Å². The molecule has 11 heteroatoms. The fourth-order valence-corrected chi connectivity index (χ4v) is 2.92. The number of amides is 3. The molecule has 0 radical (unpaired) electrons. The Kier molecular flexibility index (Phi) is 11.6. The van der Waals surface area contributed by atoms with Crippen molar-refractivity contribution in [1.82, 2.24) is 15.2 Å². The maximum absolute atomic E-state index is 12.9. The van der Waals surface area contributed by atoms with Crippen LogP contribution in [0.4, 0.5) is 10.5 Å². The van der Waals surface area contributed by atoms with Crippen LogP contribution in [0.5, 0.6) is 0 Å². The van der Waals surface area contributed by atoms with E-state index in [2.05, 4.69) is 15.6 Å². The minimum Gasteiger partial charge on any atom is -0.462 e. The summed E-state index contributed by atoms with van der Waals surface area (Å²) in [6.45, 7) is 3.92. The number of ether oxygens (including phenoxy) is 3. The minimum atomic E-state index is -0.427. The molecule has 0 saturated heterocycles. The van der Waals surface area contributed by atoms with Gasteiger partial charge in [-0.2, -0.15) is 0 Å². The van der Waals surface area contributed by atoms with E-state index in [9.17, 15) is 14.4 Å². The van der Waals surface area contributed by atoms with Gasteiger partial charge >= 0.3 is 12.0 Å². The molecule has 186 valence electrons. The van der Waals surface area contributed by atoms with E-state index in [0.717, 1.165) is 0 Å². The smallest absolute Gasteiger partial charge is 0.338 e. The lowest BCUT2D eigenvalue weighted by molar-refractivity contribution is 0.0526. The van der Waals surface area contributed by atoms with Crippen LogP contribution in [-0.2, 0) is 20.8 Å². The quantitative estimate of drug-likeness (QED) is 0.314.